The summed E-state index contributed by atoms with van der Waals surface area (Å²) < 4.78 is 32.8. The Morgan fingerprint density at radius 2 is 1.87 bits per heavy atom. The van der Waals surface area contributed by atoms with Gasteiger partial charge in [-0.15, -0.1) is 0 Å². The highest BCUT2D eigenvalue weighted by molar-refractivity contribution is 7.92. The summed E-state index contributed by atoms with van der Waals surface area (Å²) in [4.78, 5) is 13.4. The van der Waals surface area contributed by atoms with Crippen LogP contribution in [0.25, 0.3) is 0 Å². The maximum Gasteiger partial charge on any atom is 0.244 e. The molecular weight excluding hydrogens is 412 g/mol. The Morgan fingerprint density at radius 1 is 1.19 bits per heavy atom. The van der Waals surface area contributed by atoms with Crippen LogP contribution >= 0.6 is 0 Å². The molecule has 1 heterocycles. The van der Waals surface area contributed by atoms with Gasteiger partial charge in [-0.05, 0) is 63.4 Å². The van der Waals surface area contributed by atoms with Gasteiger partial charge < -0.3 is 10.1 Å². The summed E-state index contributed by atoms with van der Waals surface area (Å²) in [7, 11) is -3.67. The van der Waals surface area contributed by atoms with Crippen molar-refractivity contribution in [2.24, 2.45) is 0 Å². The summed E-state index contributed by atoms with van der Waals surface area (Å²) in [5.41, 5.74) is 2.96. The van der Waals surface area contributed by atoms with E-state index in [1.807, 2.05) is 58.9 Å². The van der Waals surface area contributed by atoms with Crippen molar-refractivity contribution in [3.63, 3.8) is 0 Å². The second kappa shape index (κ2) is 8.54. The van der Waals surface area contributed by atoms with Gasteiger partial charge in [-0.3, -0.25) is 9.10 Å². The van der Waals surface area contributed by atoms with E-state index in [1.54, 1.807) is 18.2 Å². The van der Waals surface area contributed by atoms with E-state index >= 15 is 0 Å². The van der Waals surface area contributed by atoms with Crippen LogP contribution in [0.3, 0.4) is 0 Å². The number of hydrogen-bond donors (Lipinski definition) is 1. The molecule has 0 saturated heterocycles. The van der Waals surface area contributed by atoms with Crippen LogP contribution in [0.1, 0.15) is 56.3 Å². The number of sulfonamides is 1. The highest BCUT2D eigenvalue weighted by atomic mass is 32.2. The van der Waals surface area contributed by atoms with Crippen molar-refractivity contribution >= 4 is 21.6 Å². The molecule has 2 atom stereocenters. The average Bonchev–Trinajstić information content (AvgIpc) is 2.63. The van der Waals surface area contributed by atoms with Gasteiger partial charge >= 0.3 is 0 Å². The van der Waals surface area contributed by atoms with Gasteiger partial charge in [0.05, 0.1) is 18.0 Å². The predicted molar refractivity (Wildman–Crippen MR) is 124 cm³/mol. The topological polar surface area (TPSA) is 75.7 Å². The molecule has 0 aromatic heterocycles. The second-order valence-electron chi connectivity index (χ2n) is 8.99. The van der Waals surface area contributed by atoms with Gasteiger partial charge in [0, 0.05) is 12.0 Å². The summed E-state index contributed by atoms with van der Waals surface area (Å²) in [6.07, 6.45) is 2.08. The first-order valence-corrected chi connectivity index (χ1v) is 12.4. The molecule has 0 fully saturated rings. The predicted octanol–water partition coefficient (Wildman–Crippen LogP) is 4.27. The third-order valence-corrected chi connectivity index (χ3v) is 6.71. The number of amides is 1. The quantitative estimate of drug-likeness (QED) is 0.722. The number of benzene rings is 2. The van der Waals surface area contributed by atoms with Crippen LogP contribution in [0.15, 0.2) is 42.5 Å². The lowest BCUT2D eigenvalue weighted by Crippen LogP contribution is -2.51. The lowest BCUT2D eigenvalue weighted by Gasteiger charge is -2.39. The minimum Gasteiger partial charge on any atom is -0.487 e. The third kappa shape index (κ3) is 5.21. The molecule has 1 aliphatic rings. The highest BCUT2D eigenvalue weighted by Crippen LogP contribution is 2.40. The summed E-state index contributed by atoms with van der Waals surface area (Å²) >= 11 is 0. The molecule has 2 aromatic carbocycles. The molecule has 168 valence electrons. The number of carbonyl (C=O) groups excluding carboxylic acids is 1. The molecular formula is C24H32N2O4S. The fourth-order valence-corrected chi connectivity index (χ4v) is 5.38. The van der Waals surface area contributed by atoms with E-state index in [9.17, 15) is 13.2 Å². The number of aryl methyl sites for hydroxylation is 2. The summed E-state index contributed by atoms with van der Waals surface area (Å²) in [5.74, 6) is 0.442. The van der Waals surface area contributed by atoms with Crippen LogP contribution in [0.5, 0.6) is 5.75 Å². The fourth-order valence-electron chi connectivity index (χ4n) is 4.18. The zero-order valence-corrected chi connectivity index (χ0v) is 19.9. The molecule has 2 unspecified atom stereocenters. The zero-order chi connectivity index (χ0) is 23.0. The first kappa shape index (κ1) is 23.1. The van der Waals surface area contributed by atoms with E-state index in [2.05, 4.69) is 5.32 Å². The van der Waals surface area contributed by atoms with E-state index < -0.39 is 21.7 Å². The summed E-state index contributed by atoms with van der Waals surface area (Å²) in [5, 5.41) is 3.11. The molecule has 0 radical (unpaired) electrons. The van der Waals surface area contributed by atoms with Gasteiger partial charge in [-0.1, -0.05) is 31.2 Å². The van der Waals surface area contributed by atoms with Crippen LogP contribution in [0.2, 0.25) is 0 Å². The standard InChI is InChI=1S/C24H32N2O4S/c1-7-21(26(31(6,28)29)18-10-8-9-16(2)13-18)23(27)25-20-15-24(4,5)30-22-14-17(3)11-12-19(20)22/h8-14,20-21H,7,15H2,1-6H3,(H,25,27). The van der Waals surface area contributed by atoms with Crippen LogP contribution in [0, 0.1) is 13.8 Å². The monoisotopic (exact) mass is 444 g/mol. The Hall–Kier alpha value is -2.54. The first-order chi connectivity index (χ1) is 14.4. The number of anilines is 1. The van der Waals surface area contributed by atoms with Crippen molar-refractivity contribution in [3.05, 3.63) is 59.2 Å². The van der Waals surface area contributed by atoms with Gasteiger partial charge in [-0.2, -0.15) is 0 Å². The van der Waals surface area contributed by atoms with Crippen molar-refractivity contribution < 1.29 is 17.9 Å². The first-order valence-electron chi connectivity index (χ1n) is 10.6. The largest absolute Gasteiger partial charge is 0.487 e. The van der Waals surface area contributed by atoms with Gasteiger partial charge in [-0.25, -0.2) is 8.42 Å². The molecule has 6 nitrogen and oxygen atoms in total. The van der Waals surface area contributed by atoms with Gasteiger partial charge in [0.25, 0.3) is 0 Å². The fraction of sp³-hybridized carbons (Fsp3) is 0.458. The highest BCUT2D eigenvalue weighted by Gasteiger charge is 2.37. The number of carbonyl (C=O) groups is 1. The number of nitrogens with zero attached hydrogens (tertiary/aromatic N) is 1. The van der Waals surface area contributed by atoms with Gasteiger partial charge in [0.2, 0.25) is 15.9 Å². The van der Waals surface area contributed by atoms with E-state index in [1.165, 1.54) is 4.31 Å². The SMILES string of the molecule is CCC(C(=O)NC1CC(C)(C)Oc2cc(C)ccc21)N(c1cccc(C)c1)S(C)(=O)=O. The Bertz CT molecular complexity index is 1080. The van der Waals surface area contributed by atoms with E-state index in [-0.39, 0.29) is 11.9 Å². The number of rotatable bonds is 6. The Kier molecular flexibility index (Phi) is 6.37. The van der Waals surface area contributed by atoms with Crippen molar-refractivity contribution in [1.82, 2.24) is 5.32 Å². The molecule has 3 rings (SSSR count). The lowest BCUT2D eigenvalue weighted by molar-refractivity contribution is -0.123. The van der Waals surface area contributed by atoms with Crippen molar-refractivity contribution in [3.8, 4) is 5.75 Å². The smallest absolute Gasteiger partial charge is 0.244 e. The van der Waals surface area contributed by atoms with Gasteiger partial charge in [0.15, 0.2) is 0 Å². The minimum absolute atomic E-state index is 0.264. The van der Waals surface area contributed by atoms with Crippen LogP contribution in [0.4, 0.5) is 5.69 Å². The molecule has 2 aromatic rings. The number of hydrogen-bond acceptors (Lipinski definition) is 4. The van der Waals surface area contributed by atoms with E-state index in [4.69, 9.17) is 4.74 Å². The van der Waals surface area contributed by atoms with Gasteiger partial charge in [0.1, 0.15) is 17.4 Å². The lowest BCUT2D eigenvalue weighted by atomic mass is 9.89. The number of nitrogens with one attached hydrogen (secondary N) is 1. The minimum atomic E-state index is -3.67. The summed E-state index contributed by atoms with van der Waals surface area (Å²) in [6.45, 7) is 9.70. The maximum atomic E-state index is 13.4. The Morgan fingerprint density at radius 3 is 2.48 bits per heavy atom. The molecule has 0 spiro atoms. The molecule has 7 heteroatoms. The molecule has 0 saturated carbocycles. The summed E-state index contributed by atoms with van der Waals surface area (Å²) in [6, 6.07) is 12.0. The third-order valence-electron chi connectivity index (χ3n) is 5.53. The second-order valence-corrected chi connectivity index (χ2v) is 10.8. The number of fused-ring (bicyclic) bond motifs is 1. The van der Waals surface area contributed by atoms with Crippen LogP contribution in [-0.4, -0.2) is 32.2 Å². The normalized spacial score (nSPS) is 18.5. The average molecular weight is 445 g/mol. The van der Waals surface area contributed by atoms with Crippen LogP contribution in [-0.2, 0) is 14.8 Å². The van der Waals surface area contributed by atoms with Crippen LogP contribution < -0.4 is 14.4 Å². The molecule has 1 amide bonds. The molecule has 0 bridgehead atoms. The van der Waals surface area contributed by atoms with E-state index in [0.29, 0.717) is 18.5 Å². The molecule has 1 N–H and O–H groups in total. The molecule has 1 aliphatic heterocycles. The molecule has 0 aliphatic carbocycles. The van der Waals surface area contributed by atoms with Crippen molar-refractivity contribution in [1.29, 1.82) is 0 Å². The van der Waals surface area contributed by atoms with Crippen molar-refractivity contribution in [2.45, 2.75) is 65.1 Å². The van der Waals surface area contributed by atoms with Crippen molar-refractivity contribution in [2.75, 3.05) is 10.6 Å². The Balaban J connectivity index is 1.95. The maximum absolute atomic E-state index is 13.4. The zero-order valence-electron chi connectivity index (χ0n) is 19.1. The number of ether oxygens (including phenoxy) is 1. The molecule has 31 heavy (non-hydrogen) atoms. The Labute approximate surface area is 185 Å². The van der Waals surface area contributed by atoms with E-state index in [0.717, 1.165) is 28.7 Å².